The largest absolute Gasteiger partial charge is 0.367 e. The van der Waals surface area contributed by atoms with E-state index in [4.69, 9.17) is 10.3 Å². The first-order valence-electron chi connectivity index (χ1n) is 5.29. The van der Waals surface area contributed by atoms with Gasteiger partial charge < -0.3 is 10.3 Å². The number of nitrogens with zero attached hydrogens (tertiary/aromatic N) is 1. The highest BCUT2D eigenvalue weighted by molar-refractivity contribution is 9.10. The molecule has 2 N–H and O–H groups in total. The predicted molar refractivity (Wildman–Crippen MR) is 77.4 cm³/mol. The zero-order valence-corrected chi connectivity index (χ0v) is 11.7. The molecule has 0 bridgehead atoms. The summed E-state index contributed by atoms with van der Waals surface area (Å²) in [6.45, 7) is 0. The van der Waals surface area contributed by atoms with Crippen LogP contribution in [-0.2, 0) is 0 Å². The van der Waals surface area contributed by atoms with Gasteiger partial charge in [0.15, 0.2) is 0 Å². The third-order valence-corrected chi connectivity index (χ3v) is 3.80. The Morgan fingerprint density at radius 2 is 2.11 bits per heavy atom. The first-order chi connectivity index (χ1) is 8.75. The Bertz CT molecular complexity index is 676. The minimum Gasteiger partial charge on any atom is -0.367 e. The minimum absolute atomic E-state index is 0.342. The van der Waals surface area contributed by atoms with E-state index in [2.05, 4.69) is 21.1 Å². The third kappa shape index (κ3) is 1.95. The van der Waals surface area contributed by atoms with Crippen molar-refractivity contribution in [3.8, 4) is 22.4 Å². The lowest BCUT2D eigenvalue weighted by Gasteiger charge is -2.01. The number of halogens is 1. The van der Waals surface area contributed by atoms with E-state index in [0.717, 1.165) is 26.9 Å². The Labute approximate surface area is 116 Å². The van der Waals surface area contributed by atoms with Crippen molar-refractivity contribution in [2.75, 3.05) is 5.73 Å². The van der Waals surface area contributed by atoms with E-state index in [0.29, 0.717) is 5.88 Å². The maximum Gasteiger partial charge on any atom is 0.230 e. The van der Waals surface area contributed by atoms with Gasteiger partial charge in [0.2, 0.25) is 5.88 Å². The lowest BCUT2D eigenvalue weighted by molar-refractivity contribution is 0.439. The van der Waals surface area contributed by atoms with Crippen LogP contribution in [0.1, 0.15) is 0 Å². The van der Waals surface area contributed by atoms with Crippen molar-refractivity contribution in [1.82, 2.24) is 5.16 Å². The van der Waals surface area contributed by atoms with E-state index in [1.165, 1.54) is 0 Å². The fraction of sp³-hybridized carbons (Fsp3) is 0. The van der Waals surface area contributed by atoms with Gasteiger partial charge in [0.1, 0.15) is 5.69 Å². The van der Waals surface area contributed by atoms with Gasteiger partial charge in [-0.3, -0.25) is 0 Å². The van der Waals surface area contributed by atoms with Crippen molar-refractivity contribution < 1.29 is 4.52 Å². The van der Waals surface area contributed by atoms with Crippen molar-refractivity contribution in [3.63, 3.8) is 0 Å². The molecule has 1 aromatic carbocycles. The molecule has 3 nitrogen and oxygen atoms in total. The molecule has 0 saturated heterocycles. The first kappa shape index (κ1) is 11.5. The number of hydrogen-bond acceptors (Lipinski definition) is 4. The first-order valence-corrected chi connectivity index (χ1v) is 7.03. The molecule has 3 rings (SSSR count). The lowest BCUT2D eigenvalue weighted by atomic mass is 10.0. The zero-order chi connectivity index (χ0) is 12.5. The molecule has 0 fully saturated rings. The lowest BCUT2D eigenvalue weighted by Crippen LogP contribution is -1.87. The molecule has 18 heavy (non-hydrogen) atoms. The van der Waals surface area contributed by atoms with E-state index in [1.807, 2.05) is 41.1 Å². The Hall–Kier alpha value is -1.59. The van der Waals surface area contributed by atoms with E-state index < -0.39 is 0 Å². The highest BCUT2D eigenvalue weighted by atomic mass is 79.9. The van der Waals surface area contributed by atoms with Crippen LogP contribution in [0.3, 0.4) is 0 Å². The second-order valence-corrected chi connectivity index (χ2v) is 5.49. The Morgan fingerprint density at radius 1 is 1.22 bits per heavy atom. The van der Waals surface area contributed by atoms with Crippen molar-refractivity contribution >= 4 is 33.2 Å². The molecule has 0 aliphatic rings. The molecule has 0 aliphatic carbocycles. The average Bonchev–Trinajstić information content (AvgIpc) is 2.97. The summed E-state index contributed by atoms with van der Waals surface area (Å²) in [4.78, 5) is 0. The second-order valence-electron chi connectivity index (χ2n) is 3.79. The summed E-state index contributed by atoms with van der Waals surface area (Å²) >= 11 is 5.07. The van der Waals surface area contributed by atoms with E-state index in [-0.39, 0.29) is 0 Å². The maximum absolute atomic E-state index is 5.89. The van der Waals surface area contributed by atoms with Crippen molar-refractivity contribution in [3.05, 3.63) is 45.6 Å². The Balaban J connectivity index is 2.20. The van der Waals surface area contributed by atoms with Crippen LogP contribution in [0.5, 0.6) is 0 Å². The smallest absolute Gasteiger partial charge is 0.230 e. The zero-order valence-electron chi connectivity index (χ0n) is 9.26. The number of rotatable bonds is 2. The number of anilines is 1. The molecule has 2 heterocycles. The van der Waals surface area contributed by atoms with E-state index >= 15 is 0 Å². The maximum atomic E-state index is 5.89. The van der Waals surface area contributed by atoms with Gasteiger partial charge >= 0.3 is 0 Å². The number of hydrogen-bond donors (Lipinski definition) is 1. The summed E-state index contributed by atoms with van der Waals surface area (Å²) in [6.07, 6.45) is 0. The van der Waals surface area contributed by atoms with Gasteiger partial charge in [-0.05, 0) is 29.1 Å². The molecule has 3 aromatic rings. The predicted octanol–water partition coefficient (Wildman–Crippen LogP) is 4.41. The SMILES string of the molecule is Nc1onc(-c2ccsc2)c1-c1cccc(Br)c1. The summed E-state index contributed by atoms with van der Waals surface area (Å²) in [5.74, 6) is 0.342. The molecule has 90 valence electrons. The summed E-state index contributed by atoms with van der Waals surface area (Å²) < 4.78 is 6.13. The molecule has 0 amide bonds. The monoisotopic (exact) mass is 320 g/mol. The second kappa shape index (κ2) is 4.59. The van der Waals surface area contributed by atoms with Crippen LogP contribution in [0, 0.1) is 0 Å². The van der Waals surface area contributed by atoms with Crippen molar-refractivity contribution in [2.45, 2.75) is 0 Å². The standard InChI is InChI=1S/C13H9BrN2OS/c14-10-3-1-2-8(6-10)11-12(16-17-13(11)15)9-4-5-18-7-9/h1-7H,15H2. The molecule has 5 heteroatoms. The summed E-state index contributed by atoms with van der Waals surface area (Å²) in [6, 6.07) is 9.92. The molecule has 0 atom stereocenters. The molecular formula is C13H9BrN2OS. The third-order valence-electron chi connectivity index (χ3n) is 2.63. The van der Waals surface area contributed by atoms with Crippen molar-refractivity contribution in [2.24, 2.45) is 0 Å². The van der Waals surface area contributed by atoms with Gasteiger partial charge in [0, 0.05) is 15.4 Å². The molecule has 2 aromatic heterocycles. The van der Waals surface area contributed by atoms with Crippen LogP contribution in [0.25, 0.3) is 22.4 Å². The van der Waals surface area contributed by atoms with Crippen LogP contribution >= 0.6 is 27.3 Å². The molecule has 0 spiro atoms. The number of nitrogen functional groups attached to an aromatic ring is 1. The number of aromatic nitrogens is 1. The topological polar surface area (TPSA) is 52.0 Å². The number of thiophene rings is 1. The molecular weight excluding hydrogens is 312 g/mol. The molecule has 0 unspecified atom stereocenters. The number of benzene rings is 1. The van der Waals surface area contributed by atoms with Gasteiger partial charge in [-0.1, -0.05) is 33.2 Å². The Kier molecular flexibility index (Phi) is 2.93. The van der Waals surface area contributed by atoms with Crippen LogP contribution < -0.4 is 5.73 Å². The fourth-order valence-corrected chi connectivity index (χ4v) is 2.86. The van der Waals surface area contributed by atoms with Gasteiger partial charge in [-0.15, -0.1) is 0 Å². The summed E-state index contributed by atoms with van der Waals surface area (Å²) in [5.41, 5.74) is 9.53. The van der Waals surface area contributed by atoms with E-state index in [1.54, 1.807) is 11.3 Å². The van der Waals surface area contributed by atoms with Gasteiger partial charge in [-0.2, -0.15) is 11.3 Å². The quantitative estimate of drug-likeness (QED) is 0.760. The van der Waals surface area contributed by atoms with Gasteiger partial charge in [0.05, 0.1) is 5.56 Å². The molecule has 0 aliphatic heterocycles. The van der Waals surface area contributed by atoms with Crippen LogP contribution in [0.2, 0.25) is 0 Å². The summed E-state index contributed by atoms with van der Waals surface area (Å²) in [7, 11) is 0. The van der Waals surface area contributed by atoms with Gasteiger partial charge in [-0.25, -0.2) is 0 Å². The normalized spacial score (nSPS) is 10.7. The van der Waals surface area contributed by atoms with Crippen LogP contribution in [-0.4, -0.2) is 5.16 Å². The summed E-state index contributed by atoms with van der Waals surface area (Å²) in [5, 5.41) is 8.09. The highest BCUT2D eigenvalue weighted by Crippen LogP contribution is 2.37. The average molecular weight is 321 g/mol. The minimum atomic E-state index is 0.342. The molecule has 0 radical (unpaired) electrons. The van der Waals surface area contributed by atoms with Gasteiger partial charge in [0.25, 0.3) is 0 Å². The van der Waals surface area contributed by atoms with E-state index in [9.17, 15) is 0 Å². The van der Waals surface area contributed by atoms with Crippen LogP contribution in [0.15, 0.2) is 50.1 Å². The number of nitrogens with two attached hydrogens (primary N) is 1. The van der Waals surface area contributed by atoms with Crippen molar-refractivity contribution in [1.29, 1.82) is 0 Å². The Morgan fingerprint density at radius 3 is 2.83 bits per heavy atom. The fourth-order valence-electron chi connectivity index (χ4n) is 1.82. The highest BCUT2D eigenvalue weighted by Gasteiger charge is 2.17. The molecule has 0 saturated carbocycles. The van der Waals surface area contributed by atoms with Crippen LogP contribution in [0.4, 0.5) is 5.88 Å².